The van der Waals surface area contributed by atoms with E-state index in [0.717, 1.165) is 24.2 Å². The number of non-ortho nitro benzene ring substituents is 1. The van der Waals surface area contributed by atoms with Crippen LogP contribution in [-0.4, -0.2) is 11.5 Å². The molecule has 0 spiro atoms. The Morgan fingerprint density at radius 1 is 1.14 bits per heavy atom. The van der Waals surface area contributed by atoms with Gasteiger partial charge in [0.05, 0.1) is 17.6 Å². The summed E-state index contributed by atoms with van der Waals surface area (Å²) in [7, 11) is 0. The molecular formula is C18H23NO3. The summed E-state index contributed by atoms with van der Waals surface area (Å²) in [6.45, 7) is 0.688. The quantitative estimate of drug-likeness (QED) is 0.591. The van der Waals surface area contributed by atoms with Gasteiger partial charge in [-0.2, -0.15) is 0 Å². The molecule has 4 aliphatic rings. The van der Waals surface area contributed by atoms with Crippen LogP contribution >= 0.6 is 0 Å². The smallest absolute Gasteiger partial charge is 0.273 e. The van der Waals surface area contributed by atoms with Gasteiger partial charge in [0.2, 0.25) is 0 Å². The molecule has 118 valence electrons. The zero-order valence-electron chi connectivity index (χ0n) is 12.9. The predicted octanol–water partition coefficient (Wildman–Crippen LogP) is 4.58. The minimum Gasteiger partial charge on any atom is -0.493 e. The maximum absolute atomic E-state index is 10.8. The molecular weight excluding hydrogens is 278 g/mol. The van der Waals surface area contributed by atoms with E-state index in [-0.39, 0.29) is 10.6 Å². The number of ether oxygens (including phenoxy) is 1. The van der Waals surface area contributed by atoms with Gasteiger partial charge in [0.15, 0.2) is 0 Å². The molecule has 4 fully saturated rings. The summed E-state index contributed by atoms with van der Waals surface area (Å²) >= 11 is 0. The molecule has 0 radical (unpaired) electrons. The first-order valence-corrected chi connectivity index (χ1v) is 8.49. The van der Waals surface area contributed by atoms with E-state index in [9.17, 15) is 10.1 Å². The summed E-state index contributed by atoms with van der Waals surface area (Å²) in [5.41, 5.74) is 0.613. The Hall–Kier alpha value is -1.58. The molecule has 0 unspecified atom stereocenters. The third kappa shape index (κ3) is 2.59. The van der Waals surface area contributed by atoms with Crippen molar-refractivity contribution in [2.24, 2.45) is 23.2 Å². The average molecular weight is 301 g/mol. The van der Waals surface area contributed by atoms with E-state index in [4.69, 9.17) is 4.74 Å². The predicted molar refractivity (Wildman–Crippen MR) is 83.8 cm³/mol. The largest absolute Gasteiger partial charge is 0.493 e. The molecule has 4 nitrogen and oxygen atoms in total. The molecule has 22 heavy (non-hydrogen) atoms. The van der Waals surface area contributed by atoms with Crippen LogP contribution in [-0.2, 0) is 0 Å². The van der Waals surface area contributed by atoms with E-state index in [0.29, 0.717) is 17.8 Å². The monoisotopic (exact) mass is 301 g/mol. The van der Waals surface area contributed by atoms with E-state index >= 15 is 0 Å². The van der Waals surface area contributed by atoms with E-state index in [2.05, 4.69) is 0 Å². The Balaban J connectivity index is 1.37. The third-order valence-corrected chi connectivity index (χ3v) is 6.09. The van der Waals surface area contributed by atoms with Crippen molar-refractivity contribution in [2.75, 3.05) is 6.61 Å². The summed E-state index contributed by atoms with van der Waals surface area (Å²) in [6, 6.07) is 6.54. The van der Waals surface area contributed by atoms with Gasteiger partial charge in [-0.1, -0.05) is 6.07 Å². The van der Waals surface area contributed by atoms with Crippen molar-refractivity contribution < 1.29 is 9.66 Å². The molecule has 1 aromatic carbocycles. The van der Waals surface area contributed by atoms with Crippen molar-refractivity contribution in [3.8, 4) is 5.75 Å². The number of hydrogen-bond donors (Lipinski definition) is 0. The highest BCUT2D eigenvalue weighted by molar-refractivity contribution is 5.37. The Morgan fingerprint density at radius 3 is 2.36 bits per heavy atom. The van der Waals surface area contributed by atoms with Gasteiger partial charge in [-0.15, -0.1) is 0 Å². The maximum Gasteiger partial charge on any atom is 0.273 e. The molecule has 4 aliphatic carbocycles. The normalized spacial score (nSPS) is 35.5. The van der Waals surface area contributed by atoms with E-state index in [1.54, 1.807) is 6.07 Å². The van der Waals surface area contributed by atoms with Crippen LogP contribution in [0.5, 0.6) is 5.75 Å². The van der Waals surface area contributed by atoms with Crippen LogP contribution in [0.4, 0.5) is 5.69 Å². The van der Waals surface area contributed by atoms with E-state index in [1.807, 2.05) is 6.07 Å². The first-order chi connectivity index (χ1) is 10.6. The van der Waals surface area contributed by atoms with Gasteiger partial charge in [0.25, 0.3) is 5.69 Å². The summed E-state index contributed by atoms with van der Waals surface area (Å²) < 4.78 is 5.83. The average Bonchev–Trinajstić information content (AvgIpc) is 2.46. The second-order valence-electron chi connectivity index (χ2n) is 7.77. The van der Waals surface area contributed by atoms with Crippen LogP contribution in [0.1, 0.15) is 44.9 Å². The summed E-state index contributed by atoms with van der Waals surface area (Å²) in [6.07, 6.45) is 9.66. The molecule has 0 aliphatic heterocycles. The first kappa shape index (κ1) is 14.0. The third-order valence-electron chi connectivity index (χ3n) is 6.09. The minimum atomic E-state index is -0.369. The number of benzene rings is 1. The summed E-state index contributed by atoms with van der Waals surface area (Å²) in [5, 5.41) is 10.8. The molecule has 4 bridgehead atoms. The first-order valence-electron chi connectivity index (χ1n) is 8.49. The molecule has 0 heterocycles. The fourth-order valence-corrected chi connectivity index (χ4v) is 5.67. The summed E-state index contributed by atoms with van der Waals surface area (Å²) in [5.74, 6) is 3.51. The van der Waals surface area contributed by atoms with Crippen LogP contribution < -0.4 is 4.74 Å². The second kappa shape index (κ2) is 5.25. The second-order valence-corrected chi connectivity index (χ2v) is 7.77. The van der Waals surface area contributed by atoms with E-state index < -0.39 is 0 Å². The lowest BCUT2D eigenvalue weighted by Gasteiger charge is -2.57. The fraction of sp³-hybridized carbons (Fsp3) is 0.667. The molecule has 4 heteroatoms. The number of nitrogens with zero attached hydrogens (tertiary/aromatic N) is 1. The van der Waals surface area contributed by atoms with Crippen LogP contribution in [0.15, 0.2) is 24.3 Å². The molecule has 0 atom stereocenters. The van der Waals surface area contributed by atoms with Crippen molar-refractivity contribution >= 4 is 5.69 Å². The van der Waals surface area contributed by atoms with Gasteiger partial charge in [-0.05, 0) is 74.2 Å². The Morgan fingerprint density at radius 2 is 1.77 bits per heavy atom. The van der Waals surface area contributed by atoms with Crippen LogP contribution in [0.2, 0.25) is 0 Å². The highest BCUT2D eigenvalue weighted by atomic mass is 16.6. The van der Waals surface area contributed by atoms with Crippen molar-refractivity contribution in [1.29, 1.82) is 0 Å². The highest BCUT2D eigenvalue weighted by Crippen LogP contribution is 2.61. The Labute approximate surface area is 131 Å². The molecule has 1 aromatic rings. The maximum atomic E-state index is 10.8. The van der Waals surface area contributed by atoms with Crippen molar-refractivity contribution in [1.82, 2.24) is 0 Å². The Kier molecular flexibility index (Phi) is 3.35. The molecule has 5 rings (SSSR count). The van der Waals surface area contributed by atoms with Gasteiger partial charge in [0, 0.05) is 6.07 Å². The van der Waals surface area contributed by atoms with Gasteiger partial charge < -0.3 is 4.74 Å². The number of nitro benzene ring substituents is 1. The Bertz CT molecular complexity index is 548. The van der Waals surface area contributed by atoms with Crippen molar-refractivity contribution in [3.63, 3.8) is 0 Å². The van der Waals surface area contributed by atoms with Gasteiger partial charge in [-0.3, -0.25) is 10.1 Å². The van der Waals surface area contributed by atoms with Crippen molar-refractivity contribution in [2.45, 2.75) is 44.9 Å². The summed E-state index contributed by atoms with van der Waals surface area (Å²) in [4.78, 5) is 10.4. The van der Waals surface area contributed by atoms with Gasteiger partial charge in [-0.25, -0.2) is 0 Å². The van der Waals surface area contributed by atoms with Gasteiger partial charge in [0.1, 0.15) is 5.75 Å². The topological polar surface area (TPSA) is 52.4 Å². The molecule has 4 saturated carbocycles. The van der Waals surface area contributed by atoms with Gasteiger partial charge >= 0.3 is 0 Å². The fourth-order valence-electron chi connectivity index (χ4n) is 5.67. The number of hydrogen-bond acceptors (Lipinski definition) is 3. The minimum absolute atomic E-state index is 0.104. The SMILES string of the molecule is O=[N+]([O-])c1cccc(OCCC23CC4CC(CC(C4)C2)C3)c1. The standard InChI is InChI=1S/C18H23NO3/c20-19(21)16-2-1-3-17(9-16)22-5-4-18-10-13-6-14(11-18)8-15(7-13)12-18/h1-3,9,13-15H,4-8,10-12H2. The van der Waals surface area contributed by atoms with Crippen LogP contribution in [0.3, 0.4) is 0 Å². The number of rotatable bonds is 5. The molecule has 0 amide bonds. The lowest BCUT2D eigenvalue weighted by Crippen LogP contribution is -2.46. The van der Waals surface area contributed by atoms with Crippen LogP contribution in [0, 0.1) is 33.3 Å². The van der Waals surface area contributed by atoms with E-state index in [1.165, 1.54) is 50.7 Å². The zero-order valence-corrected chi connectivity index (χ0v) is 12.9. The highest BCUT2D eigenvalue weighted by Gasteiger charge is 2.50. The lowest BCUT2D eigenvalue weighted by atomic mass is 9.49. The van der Waals surface area contributed by atoms with Crippen molar-refractivity contribution in [3.05, 3.63) is 34.4 Å². The molecule has 0 aromatic heterocycles. The van der Waals surface area contributed by atoms with Crippen LogP contribution in [0.25, 0.3) is 0 Å². The molecule has 0 N–H and O–H groups in total. The number of nitro groups is 1. The lowest BCUT2D eigenvalue weighted by molar-refractivity contribution is -0.384. The molecule has 0 saturated heterocycles. The zero-order chi connectivity index (χ0) is 15.2.